The number of carbonyl (C=O) groups is 1. The van der Waals surface area contributed by atoms with Crippen molar-refractivity contribution in [1.29, 1.82) is 0 Å². The van der Waals surface area contributed by atoms with Crippen molar-refractivity contribution in [2.24, 2.45) is 0 Å². The van der Waals surface area contributed by atoms with E-state index in [4.69, 9.17) is 0 Å². The quantitative estimate of drug-likeness (QED) is 0.439. The van der Waals surface area contributed by atoms with Gasteiger partial charge >= 0.3 is 0 Å². The van der Waals surface area contributed by atoms with Gasteiger partial charge in [0.2, 0.25) is 15.9 Å². The van der Waals surface area contributed by atoms with E-state index in [9.17, 15) is 13.2 Å². The molecular formula is C24H32N8O3S. The van der Waals surface area contributed by atoms with E-state index in [1.165, 1.54) is 6.33 Å². The molecule has 5 rings (SSSR count). The molecule has 1 aromatic carbocycles. The summed E-state index contributed by atoms with van der Waals surface area (Å²) in [4.78, 5) is 23.9. The normalized spacial score (nSPS) is 21.4. The number of sulfonamides is 1. The molecule has 36 heavy (non-hydrogen) atoms. The molecule has 0 radical (unpaired) electrons. The zero-order valence-electron chi connectivity index (χ0n) is 20.4. The summed E-state index contributed by atoms with van der Waals surface area (Å²) < 4.78 is 28.1. The van der Waals surface area contributed by atoms with E-state index in [1.807, 2.05) is 11.8 Å². The van der Waals surface area contributed by atoms with Gasteiger partial charge < -0.3 is 15.5 Å². The molecule has 4 heterocycles. The van der Waals surface area contributed by atoms with E-state index in [-0.39, 0.29) is 29.4 Å². The molecule has 2 unspecified atom stereocenters. The highest BCUT2D eigenvalue weighted by molar-refractivity contribution is 7.89. The Bertz CT molecular complexity index is 1320. The number of nitrogens with one attached hydrogen (secondary N) is 3. The van der Waals surface area contributed by atoms with E-state index < -0.39 is 10.0 Å². The number of fused-ring (bicyclic) bond motifs is 1. The Morgan fingerprint density at radius 3 is 2.75 bits per heavy atom. The Balaban J connectivity index is 1.26. The lowest BCUT2D eigenvalue weighted by atomic mass is 9.97. The average Bonchev–Trinajstić information content (AvgIpc) is 3.39. The standard InChI is InChI=1S/C24H32N8O3S/c1-17-19(29-23-18-14-28-30-24(18)27-16-26-23)9-7-13-32(17)22(33)15-25-20-8-3-4-10-21(20)36(34,35)31-11-5-2-6-12-31/h3-4,8,10,14,16-17,19,25H,2,5-7,9,11-13,15H2,1H3,(H2,26,27,28,29,30). The molecule has 0 aliphatic carbocycles. The molecule has 2 saturated heterocycles. The van der Waals surface area contributed by atoms with Crippen molar-refractivity contribution < 1.29 is 13.2 Å². The number of benzene rings is 1. The predicted molar refractivity (Wildman–Crippen MR) is 137 cm³/mol. The van der Waals surface area contributed by atoms with Crippen LogP contribution in [-0.2, 0) is 14.8 Å². The molecule has 0 bridgehead atoms. The second-order valence-electron chi connectivity index (χ2n) is 9.39. The van der Waals surface area contributed by atoms with Crippen molar-refractivity contribution in [3.8, 4) is 0 Å². The van der Waals surface area contributed by atoms with Crippen LogP contribution in [0.5, 0.6) is 0 Å². The fourth-order valence-corrected chi connectivity index (χ4v) is 6.78. The first-order chi connectivity index (χ1) is 17.4. The molecule has 0 saturated carbocycles. The Kier molecular flexibility index (Phi) is 7.06. The number of para-hydroxylation sites is 1. The number of rotatable bonds is 7. The van der Waals surface area contributed by atoms with Gasteiger partial charge in [0, 0.05) is 31.7 Å². The molecule has 2 atom stereocenters. The van der Waals surface area contributed by atoms with E-state index in [2.05, 4.69) is 30.8 Å². The van der Waals surface area contributed by atoms with Gasteiger partial charge in [-0.2, -0.15) is 9.40 Å². The molecule has 2 aliphatic rings. The third kappa shape index (κ3) is 4.87. The summed E-state index contributed by atoms with van der Waals surface area (Å²) in [5, 5.41) is 14.3. The van der Waals surface area contributed by atoms with Crippen LogP contribution >= 0.6 is 0 Å². The molecule has 2 aromatic heterocycles. The highest BCUT2D eigenvalue weighted by Crippen LogP contribution is 2.28. The fraction of sp³-hybridized carbons (Fsp3) is 0.500. The maximum absolute atomic E-state index is 13.3. The van der Waals surface area contributed by atoms with E-state index >= 15 is 0 Å². The van der Waals surface area contributed by atoms with Crippen molar-refractivity contribution in [3.05, 3.63) is 36.8 Å². The van der Waals surface area contributed by atoms with Gasteiger partial charge in [0.25, 0.3) is 0 Å². The van der Waals surface area contributed by atoms with Crippen LogP contribution in [0.4, 0.5) is 11.5 Å². The largest absolute Gasteiger partial charge is 0.375 e. The van der Waals surface area contributed by atoms with E-state index in [1.54, 1.807) is 34.8 Å². The monoisotopic (exact) mass is 512 g/mol. The van der Waals surface area contributed by atoms with Crippen LogP contribution in [0, 0.1) is 0 Å². The maximum atomic E-state index is 13.3. The Labute approximate surface area is 210 Å². The zero-order chi connectivity index (χ0) is 25.1. The molecule has 2 aliphatic heterocycles. The summed E-state index contributed by atoms with van der Waals surface area (Å²) in [7, 11) is -3.62. The van der Waals surface area contributed by atoms with Gasteiger partial charge in [-0.25, -0.2) is 18.4 Å². The Morgan fingerprint density at radius 1 is 1.11 bits per heavy atom. The van der Waals surface area contributed by atoms with Crippen molar-refractivity contribution in [2.75, 3.05) is 36.8 Å². The lowest BCUT2D eigenvalue weighted by Crippen LogP contribution is -2.53. The lowest BCUT2D eigenvalue weighted by molar-refractivity contribution is -0.132. The molecule has 11 nitrogen and oxygen atoms in total. The van der Waals surface area contributed by atoms with Crippen molar-refractivity contribution in [3.63, 3.8) is 0 Å². The van der Waals surface area contributed by atoms with Crippen LogP contribution in [0.25, 0.3) is 11.0 Å². The summed E-state index contributed by atoms with van der Waals surface area (Å²) in [6.45, 7) is 3.76. The number of carbonyl (C=O) groups excluding carboxylic acids is 1. The minimum Gasteiger partial charge on any atom is -0.375 e. The number of likely N-dealkylation sites (tertiary alicyclic amines) is 1. The third-order valence-electron chi connectivity index (χ3n) is 7.13. The maximum Gasteiger partial charge on any atom is 0.245 e. The summed E-state index contributed by atoms with van der Waals surface area (Å²) in [5.41, 5.74) is 1.12. The highest BCUT2D eigenvalue weighted by Gasteiger charge is 2.32. The topological polar surface area (TPSA) is 136 Å². The second-order valence-corrected chi connectivity index (χ2v) is 11.3. The van der Waals surface area contributed by atoms with Crippen molar-refractivity contribution in [2.45, 2.75) is 56.0 Å². The molecule has 192 valence electrons. The summed E-state index contributed by atoms with van der Waals surface area (Å²) >= 11 is 0. The first-order valence-electron chi connectivity index (χ1n) is 12.5. The van der Waals surface area contributed by atoms with Crippen LogP contribution in [0.1, 0.15) is 39.0 Å². The molecule has 12 heteroatoms. The van der Waals surface area contributed by atoms with Crippen molar-refractivity contribution in [1.82, 2.24) is 29.4 Å². The SMILES string of the molecule is CC1C(Nc2ncnc3[nH]ncc23)CCCN1C(=O)CNc1ccccc1S(=O)(=O)N1CCCCC1. The summed E-state index contributed by atoms with van der Waals surface area (Å²) in [5.74, 6) is 0.616. The molecule has 3 aromatic rings. The average molecular weight is 513 g/mol. The van der Waals surface area contributed by atoms with Crippen LogP contribution in [0.3, 0.4) is 0 Å². The number of hydrogen-bond acceptors (Lipinski definition) is 8. The number of amides is 1. The Morgan fingerprint density at radius 2 is 1.92 bits per heavy atom. The minimum absolute atomic E-state index is 0.0162. The molecule has 0 spiro atoms. The molecule has 3 N–H and O–H groups in total. The number of aromatic nitrogens is 4. The fourth-order valence-electron chi connectivity index (χ4n) is 5.10. The zero-order valence-corrected chi connectivity index (χ0v) is 21.2. The van der Waals surface area contributed by atoms with Gasteiger partial charge in [0.05, 0.1) is 23.8 Å². The van der Waals surface area contributed by atoms with E-state index in [0.717, 1.165) is 37.5 Å². The van der Waals surface area contributed by atoms with Crippen LogP contribution < -0.4 is 10.6 Å². The number of hydrogen-bond donors (Lipinski definition) is 3. The molecular weight excluding hydrogens is 480 g/mol. The van der Waals surface area contributed by atoms with Gasteiger partial charge in [-0.3, -0.25) is 9.89 Å². The van der Waals surface area contributed by atoms with Gasteiger partial charge in [-0.05, 0) is 44.7 Å². The van der Waals surface area contributed by atoms with Gasteiger partial charge in [0.1, 0.15) is 17.0 Å². The lowest BCUT2D eigenvalue weighted by Gasteiger charge is -2.40. The van der Waals surface area contributed by atoms with Crippen LogP contribution in [0.2, 0.25) is 0 Å². The summed E-state index contributed by atoms with van der Waals surface area (Å²) in [6, 6.07) is 6.78. The molecule has 1 amide bonds. The number of nitrogens with zero attached hydrogens (tertiary/aromatic N) is 5. The first kappa shape index (κ1) is 24.4. The highest BCUT2D eigenvalue weighted by atomic mass is 32.2. The summed E-state index contributed by atoms with van der Waals surface area (Å²) in [6.07, 6.45) is 7.72. The van der Waals surface area contributed by atoms with Crippen molar-refractivity contribution >= 4 is 38.5 Å². The van der Waals surface area contributed by atoms with Gasteiger partial charge in [-0.15, -0.1) is 0 Å². The van der Waals surface area contributed by atoms with E-state index in [0.29, 0.717) is 36.8 Å². The van der Waals surface area contributed by atoms with Crippen LogP contribution in [0.15, 0.2) is 41.7 Å². The second kappa shape index (κ2) is 10.4. The third-order valence-corrected chi connectivity index (χ3v) is 9.09. The van der Waals surface area contributed by atoms with Gasteiger partial charge in [0.15, 0.2) is 5.65 Å². The van der Waals surface area contributed by atoms with Gasteiger partial charge in [-0.1, -0.05) is 18.6 Å². The number of H-pyrrole nitrogens is 1. The minimum atomic E-state index is -3.62. The number of piperidine rings is 2. The molecule has 2 fully saturated rings. The van der Waals surface area contributed by atoms with Crippen LogP contribution in [-0.4, -0.2) is 82.0 Å². The first-order valence-corrected chi connectivity index (χ1v) is 13.9. The number of anilines is 2. The number of aromatic amines is 1. The Hall–Kier alpha value is -3.25. The predicted octanol–water partition coefficient (Wildman–Crippen LogP) is 2.43. The smallest absolute Gasteiger partial charge is 0.245 e.